The normalized spacial score (nSPS) is 12.1. The Hall–Kier alpha value is -2.60. The summed E-state index contributed by atoms with van der Waals surface area (Å²) in [5.74, 6) is 0.585. The number of aromatic nitrogens is 3. The maximum atomic E-state index is 12.6. The molecule has 2 aromatic carbocycles. The number of carbonyl (C=O) groups excluding carboxylic acids is 1. The first kappa shape index (κ1) is 20.1. The number of nitrogens with zero attached hydrogens (tertiary/aromatic N) is 3. The summed E-state index contributed by atoms with van der Waals surface area (Å²) in [5.41, 5.74) is 3.41. The van der Waals surface area contributed by atoms with Gasteiger partial charge in [-0.1, -0.05) is 75.0 Å². The van der Waals surface area contributed by atoms with E-state index in [0.29, 0.717) is 16.8 Å². The second-order valence-electron chi connectivity index (χ2n) is 6.99. The zero-order valence-corrected chi connectivity index (χ0v) is 17.3. The lowest BCUT2D eigenvalue weighted by Crippen LogP contribution is -2.33. The Labute approximate surface area is 170 Å². The van der Waals surface area contributed by atoms with Crippen LogP contribution in [-0.2, 0) is 11.2 Å². The molecule has 1 aromatic heterocycles. The number of benzene rings is 2. The van der Waals surface area contributed by atoms with Gasteiger partial charge in [-0.15, -0.1) is 10.2 Å². The van der Waals surface area contributed by atoms with Crippen molar-refractivity contribution in [3.05, 3.63) is 72.1 Å². The van der Waals surface area contributed by atoms with Gasteiger partial charge in [0.1, 0.15) is 6.33 Å². The van der Waals surface area contributed by atoms with Gasteiger partial charge in [-0.05, 0) is 35.6 Å². The van der Waals surface area contributed by atoms with Crippen molar-refractivity contribution in [2.24, 2.45) is 5.92 Å². The van der Waals surface area contributed by atoms with Gasteiger partial charge in [0, 0.05) is 5.69 Å². The van der Waals surface area contributed by atoms with E-state index in [9.17, 15) is 4.79 Å². The van der Waals surface area contributed by atoms with E-state index in [1.54, 1.807) is 6.33 Å². The highest BCUT2D eigenvalue weighted by molar-refractivity contribution is 7.99. The van der Waals surface area contributed by atoms with Gasteiger partial charge in [-0.3, -0.25) is 9.36 Å². The molecular formula is C22H26N4OS. The Morgan fingerprint density at radius 3 is 2.46 bits per heavy atom. The highest BCUT2D eigenvalue weighted by atomic mass is 32.2. The molecule has 0 fully saturated rings. The van der Waals surface area contributed by atoms with Crippen molar-refractivity contribution in [3.8, 4) is 5.69 Å². The highest BCUT2D eigenvalue weighted by Crippen LogP contribution is 2.24. The maximum Gasteiger partial charge on any atom is 0.230 e. The quantitative estimate of drug-likeness (QED) is 0.574. The molecule has 0 radical (unpaired) electrons. The first-order valence-electron chi connectivity index (χ1n) is 9.55. The molecule has 0 aliphatic rings. The fraction of sp³-hybridized carbons (Fsp3) is 0.318. The summed E-state index contributed by atoms with van der Waals surface area (Å²) in [6, 6.07) is 18.4. The van der Waals surface area contributed by atoms with E-state index in [1.165, 1.54) is 17.3 Å². The molecule has 0 saturated heterocycles. The van der Waals surface area contributed by atoms with Gasteiger partial charge in [0.2, 0.25) is 5.91 Å². The molecule has 1 N–H and O–H groups in total. The van der Waals surface area contributed by atoms with Gasteiger partial charge >= 0.3 is 0 Å². The van der Waals surface area contributed by atoms with Crippen molar-refractivity contribution in [1.29, 1.82) is 0 Å². The van der Waals surface area contributed by atoms with Crippen molar-refractivity contribution >= 4 is 17.7 Å². The first-order valence-corrected chi connectivity index (χ1v) is 10.5. The minimum atomic E-state index is -0.00844. The molecule has 5 nitrogen and oxygen atoms in total. The average Bonchev–Trinajstić information content (AvgIpc) is 3.20. The molecule has 1 heterocycles. The smallest absolute Gasteiger partial charge is 0.230 e. The molecule has 6 heteroatoms. The Balaban J connectivity index is 1.64. The number of aryl methyl sites for hydroxylation is 1. The van der Waals surface area contributed by atoms with Gasteiger partial charge in [0.05, 0.1) is 11.8 Å². The number of carbonyl (C=O) groups is 1. The van der Waals surface area contributed by atoms with E-state index >= 15 is 0 Å². The van der Waals surface area contributed by atoms with E-state index in [0.717, 1.165) is 17.7 Å². The van der Waals surface area contributed by atoms with Crippen molar-refractivity contribution in [2.75, 3.05) is 5.75 Å². The summed E-state index contributed by atoms with van der Waals surface area (Å²) in [4.78, 5) is 12.6. The molecule has 3 rings (SSSR count). The van der Waals surface area contributed by atoms with Gasteiger partial charge in [0.25, 0.3) is 0 Å². The molecule has 28 heavy (non-hydrogen) atoms. The number of thioether (sulfide) groups is 1. The van der Waals surface area contributed by atoms with Crippen LogP contribution >= 0.6 is 11.8 Å². The van der Waals surface area contributed by atoms with Gasteiger partial charge < -0.3 is 5.32 Å². The van der Waals surface area contributed by atoms with E-state index in [-0.39, 0.29) is 11.9 Å². The van der Waals surface area contributed by atoms with E-state index in [1.807, 2.05) is 34.9 Å². The third-order valence-corrected chi connectivity index (χ3v) is 5.56. The highest BCUT2D eigenvalue weighted by Gasteiger charge is 2.19. The van der Waals surface area contributed by atoms with Crippen molar-refractivity contribution < 1.29 is 4.79 Å². The topological polar surface area (TPSA) is 59.8 Å². The Morgan fingerprint density at radius 1 is 1.11 bits per heavy atom. The van der Waals surface area contributed by atoms with E-state index in [4.69, 9.17) is 0 Å². The molecule has 0 bridgehead atoms. The zero-order valence-electron chi connectivity index (χ0n) is 16.5. The Kier molecular flexibility index (Phi) is 6.87. The summed E-state index contributed by atoms with van der Waals surface area (Å²) < 4.78 is 1.89. The fourth-order valence-corrected chi connectivity index (χ4v) is 3.77. The molecule has 146 valence electrons. The second kappa shape index (κ2) is 9.55. The van der Waals surface area contributed by atoms with Gasteiger partial charge in [0.15, 0.2) is 5.16 Å². The molecule has 3 aromatic rings. The number of hydrogen-bond donors (Lipinski definition) is 1. The Bertz CT molecular complexity index is 890. The van der Waals surface area contributed by atoms with Crippen LogP contribution in [-0.4, -0.2) is 26.4 Å². The van der Waals surface area contributed by atoms with Crippen LogP contribution in [0.2, 0.25) is 0 Å². The minimum absolute atomic E-state index is 0.00833. The summed E-state index contributed by atoms with van der Waals surface area (Å²) in [6.07, 6.45) is 2.68. The lowest BCUT2D eigenvalue weighted by Gasteiger charge is -2.23. The van der Waals surface area contributed by atoms with Gasteiger partial charge in [-0.2, -0.15) is 0 Å². The molecule has 0 saturated carbocycles. The van der Waals surface area contributed by atoms with Crippen LogP contribution in [0, 0.1) is 5.92 Å². The standard InChI is InChI=1S/C22H26N4OS/c1-4-17-10-12-18(13-11-17)21(16(2)3)24-20(27)14-28-22-25-23-15-26(22)19-8-6-5-7-9-19/h5-13,15-16,21H,4,14H2,1-3H3,(H,24,27)/t21-/m0/s1. The fourth-order valence-electron chi connectivity index (χ4n) is 3.03. The summed E-state index contributed by atoms with van der Waals surface area (Å²) >= 11 is 1.39. The SMILES string of the molecule is CCc1ccc([C@@H](NC(=O)CSc2nncn2-c2ccccc2)C(C)C)cc1. The number of rotatable bonds is 8. The lowest BCUT2D eigenvalue weighted by molar-refractivity contribution is -0.119. The largest absolute Gasteiger partial charge is 0.348 e. The third kappa shape index (κ3) is 5.01. The number of nitrogens with one attached hydrogen (secondary N) is 1. The lowest BCUT2D eigenvalue weighted by atomic mass is 9.95. The molecule has 0 aliphatic heterocycles. The molecule has 1 atom stereocenters. The first-order chi connectivity index (χ1) is 13.6. The van der Waals surface area contributed by atoms with Crippen molar-refractivity contribution in [3.63, 3.8) is 0 Å². The maximum absolute atomic E-state index is 12.6. The number of para-hydroxylation sites is 1. The summed E-state index contributed by atoms with van der Waals surface area (Å²) in [7, 11) is 0. The number of hydrogen-bond acceptors (Lipinski definition) is 4. The third-order valence-electron chi connectivity index (χ3n) is 4.61. The van der Waals surface area contributed by atoms with Crippen molar-refractivity contribution in [2.45, 2.75) is 38.4 Å². The summed E-state index contributed by atoms with van der Waals surface area (Å²) in [5, 5.41) is 12.0. The molecule has 0 unspecified atom stereocenters. The van der Waals surface area contributed by atoms with Crippen LogP contribution < -0.4 is 5.32 Å². The predicted octanol–water partition coefficient (Wildman–Crippen LogP) is 4.44. The molecule has 1 amide bonds. The molecule has 0 spiro atoms. The average molecular weight is 395 g/mol. The van der Waals surface area contributed by atoms with E-state index < -0.39 is 0 Å². The zero-order chi connectivity index (χ0) is 19.9. The van der Waals surface area contributed by atoms with Crippen LogP contribution in [0.4, 0.5) is 0 Å². The second-order valence-corrected chi connectivity index (χ2v) is 7.93. The molecular weight excluding hydrogens is 368 g/mol. The monoisotopic (exact) mass is 394 g/mol. The number of amides is 1. The van der Waals surface area contributed by atoms with Crippen LogP contribution in [0.3, 0.4) is 0 Å². The van der Waals surface area contributed by atoms with Crippen LogP contribution in [0.25, 0.3) is 5.69 Å². The molecule has 0 aliphatic carbocycles. The van der Waals surface area contributed by atoms with Crippen LogP contribution in [0.15, 0.2) is 66.1 Å². The van der Waals surface area contributed by atoms with Crippen LogP contribution in [0.1, 0.15) is 37.9 Å². The summed E-state index contributed by atoms with van der Waals surface area (Å²) in [6.45, 7) is 6.39. The minimum Gasteiger partial charge on any atom is -0.348 e. The van der Waals surface area contributed by atoms with Crippen molar-refractivity contribution in [1.82, 2.24) is 20.1 Å². The predicted molar refractivity (Wildman–Crippen MR) is 114 cm³/mol. The van der Waals surface area contributed by atoms with Crippen LogP contribution in [0.5, 0.6) is 0 Å². The Morgan fingerprint density at radius 2 is 1.82 bits per heavy atom. The van der Waals surface area contributed by atoms with Gasteiger partial charge in [-0.25, -0.2) is 0 Å². The van der Waals surface area contributed by atoms with E-state index in [2.05, 4.69) is 60.6 Å².